The lowest BCUT2D eigenvalue weighted by molar-refractivity contribution is 0.574. The zero-order chi connectivity index (χ0) is 12.3. The lowest BCUT2D eigenvalue weighted by atomic mass is 10.1. The Balaban J connectivity index is 1.93. The minimum atomic E-state index is 0.299. The monoisotopic (exact) mass is 249 g/mol. The number of aromatic nitrogens is 2. The maximum atomic E-state index is 5.86. The number of halogens is 1. The van der Waals surface area contributed by atoms with Gasteiger partial charge in [0.2, 0.25) is 0 Å². The van der Waals surface area contributed by atoms with Gasteiger partial charge in [0.25, 0.3) is 0 Å². The number of benzene rings is 1. The third kappa shape index (κ3) is 3.32. The number of rotatable bonds is 4. The predicted octanol–water partition coefficient (Wildman–Crippen LogP) is 2.92. The van der Waals surface area contributed by atoms with Crippen molar-refractivity contribution >= 4 is 11.6 Å². The molecule has 1 aromatic carbocycles. The maximum absolute atomic E-state index is 5.86. The second kappa shape index (κ2) is 5.34. The molecule has 90 valence electrons. The largest absolute Gasteiger partial charge is 0.306 e. The van der Waals surface area contributed by atoms with Gasteiger partial charge in [-0.15, -0.1) is 0 Å². The highest BCUT2D eigenvalue weighted by molar-refractivity contribution is 6.30. The van der Waals surface area contributed by atoms with Gasteiger partial charge in [0, 0.05) is 36.4 Å². The number of aryl methyl sites for hydroxylation is 1. The van der Waals surface area contributed by atoms with Crippen molar-refractivity contribution in [2.24, 2.45) is 7.05 Å². The molecule has 0 aliphatic rings. The molecule has 0 bridgehead atoms. The molecule has 1 heterocycles. The molecule has 0 saturated carbocycles. The van der Waals surface area contributed by atoms with Gasteiger partial charge >= 0.3 is 0 Å². The summed E-state index contributed by atoms with van der Waals surface area (Å²) in [5.41, 5.74) is 2.42. The minimum Gasteiger partial charge on any atom is -0.306 e. The fourth-order valence-corrected chi connectivity index (χ4v) is 1.83. The molecule has 0 saturated heterocycles. The highest BCUT2D eigenvalue weighted by Gasteiger charge is 2.05. The van der Waals surface area contributed by atoms with Crippen LogP contribution in [0.5, 0.6) is 0 Å². The highest BCUT2D eigenvalue weighted by Crippen LogP contribution is 2.16. The van der Waals surface area contributed by atoms with E-state index in [4.69, 9.17) is 11.6 Å². The molecule has 4 heteroatoms. The Kier molecular flexibility index (Phi) is 3.82. The molecule has 0 fully saturated rings. The SMILES string of the molecule is CC(NCc1cnn(C)c1)c1ccc(Cl)cc1. The van der Waals surface area contributed by atoms with Crippen LogP contribution in [0.3, 0.4) is 0 Å². The van der Waals surface area contributed by atoms with Gasteiger partial charge in [-0.2, -0.15) is 5.10 Å². The van der Waals surface area contributed by atoms with E-state index in [-0.39, 0.29) is 0 Å². The average Bonchev–Trinajstić information content (AvgIpc) is 2.73. The Labute approximate surface area is 106 Å². The van der Waals surface area contributed by atoms with Gasteiger partial charge < -0.3 is 5.32 Å². The molecule has 1 unspecified atom stereocenters. The van der Waals surface area contributed by atoms with Crippen molar-refractivity contribution < 1.29 is 0 Å². The Morgan fingerprint density at radius 2 is 2.06 bits per heavy atom. The quantitative estimate of drug-likeness (QED) is 0.903. The van der Waals surface area contributed by atoms with Crippen molar-refractivity contribution in [3.05, 3.63) is 52.8 Å². The highest BCUT2D eigenvalue weighted by atomic mass is 35.5. The van der Waals surface area contributed by atoms with Gasteiger partial charge in [0.1, 0.15) is 0 Å². The molecule has 0 aliphatic heterocycles. The van der Waals surface area contributed by atoms with Crippen LogP contribution in [-0.2, 0) is 13.6 Å². The number of nitrogens with one attached hydrogen (secondary N) is 1. The van der Waals surface area contributed by atoms with Crippen LogP contribution in [0, 0.1) is 0 Å². The third-order valence-corrected chi connectivity index (χ3v) is 2.99. The summed E-state index contributed by atoms with van der Waals surface area (Å²) in [4.78, 5) is 0. The van der Waals surface area contributed by atoms with Gasteiger partial charge in [-0.1, -0.05) is 23.7 Å². The van der Waals surface area contributed by atoms with Crippen molar-refractivity contribution in [1.29, 1.82) is 0 Å². The molecule has 3 nitrogen and oxygen atoms in total. The van der Waals surface area contributed by atoms with Gasteiger partial charge in [0.05, 0.1) is 6.20 Å². The smallest absolute Gasteiger partial charge is 0.0534 e. The predicted molar refractivity (Wildman–Crippen MR) is 69.9 cm³/mol. The summed E-state index contributed by atoms with van der Waals surface area (Å²) < 4.78 is 1.81. The van der Waals surface area contributed by atoms with Crippen LogP contribution >= 0.6 is 11.6 Å². The van der Waals surface area contributed by atoms with Crippen LogP contribution < -0.4 is 5.32 Å². The zero-order valence-corrected chi connectivity index (χ0v) is 10.8. The van der Waals surface area contributed by atoms with Gasteiger partial charge in [-0.3, -0.25) is 4.68 Å². The molecule has 2 aromatic rings. The fourth-order valence-electron chi connectivity index (χ4n) is 1.70. The summed E-state index contributed by atoms with van der Waals surface area (Å²) in [6.07, 6.45) is 3.89. The van der Waals surface area contributed by atoms with Gasteiger partial charge in [-0.05, 0) is 24.6 Å². The molecule has 0 aliphatic carbocycles. The van der Waals surface area contributed by atoms with E-state index < -0.39 is 0 Å². The molecule has 0 amide bonds. The minimum absolute atomic E-state index is 0.299. The van der Waals surface area contributed by atoms with Crippen molar-refractivity contribution in [2.75, 3.05) is 0 Å². The first-order chi connectivity index (χ1) is 8.15. The van der Waals surface area contributed by atoms with Crippen molar-refractivity contribution in [2.45, 2.75) is 19.5 Å². The van der Waals surface area contributed by atoms with E-state index in [1.807, 2.05) is 48.4 Å². The van der Waals surface area contributed by atoms with E-state index in [0.717, 1.165) is 11.6 Å². The van der Waals surface area contributed by atoms with Crippen molar-refractivity contribution in [3.8, 4) is 0 Å². The van der Waals surface area contributed by atoms with Crippen LogP contribution in [0.15, 0.2) is 36.7 Å². The summed E-state index contributed by atoms with van der Waals surface area (Å²) in [7, 11) is 1.92. The number of nitrogens with zero attached hydrogens (tertiary/aromatic N) is 2. The summed E-state index contributed by atoms with van der Waals surface area (Å²) in [6, 6.07) is 8.22. The van der Waals surface area contributed by atoms with Crippen LogP contribution in [0.2, 0.25) is 5.02 Å². The summed E-state index contributed by atoms with van der Waals surface area (Å²) in [5, 5.41) is 8.36. The summed E-state index contributed by atoms with van der Waals surface area (Å²) >= 11 is 5.86. The Morgan fingerprint density at radius 1 is 1.35 bits per heavy atom. The molecule has 2 rings (SSSR count). The molecule has 1 aromatic heterocycles. The molecular weight excluding hydrogens is 234 g/mol. The normalized spacial score (nSPS) is 12.6. The van der Waals surface area contributed by atoms with Gasteiger partial charge in [0.15, 0.2) is 0 Å². The lowest BCUT2D eigenvalue weighted by Gasteiger charge is -2.13. The molecule has 1 N–H and O–H groups in total. The Bertz CT molecular complexity index is 476. The summed E-state index contributed by atoms with van der Waals surface area (Å²) in [5.74, 6) is 0. The molecule has 17 heavy (non-hydrogen) atoms. The lowest BCUT2D eigenvalue weighted by Crippen LogP contribution is -2.17. The van der Waals surface area contributed by atoms with Crippen LogP contribution in [0.25, 0.3) is 0 Å². The molecule has 1 atom stereocenters. The summed E-state index contributed by atoms with van der Waals surface area (Å²) in [6.45, 7) is 2.96. The van der Waals surface area contributed by atoms with Crippen LogP contribution in [0.4, 0.5) is 0 Å². The van der Waals surface area contributed by atoms with Gasteiger partial charge in [-0.25, -0.2) is 0 Å². The second-order valence-electron chi connectivity index (χ2n) is 4.18. The van der Waals surface area contributed by atoms with E-state index in [9.17, 15) is 0 Å². The first kappa shape index (κ1) is 12.1. The third-order valence-electron chi connectivity index (χ3n) is 2.74. The Morgan fingerprint density at radius 3 is 2.65 bits per heavy atom. The van der Waals surface area contributed by atoms with E-state index in [2.05, 4.69) is 17.3 Å². The first-order valence-corrected chi connectivity index (χ1v) is 5.99. The molecule has 0 spiro atoms. The van der Waals surface area contributed by atoms with E-state index in [1.54, 1.807) is 0 Å². The maximum Gasteiger partial charge on any atom is 0.0534 e. The zero-order valence-electron chi connectivity index (χ0n) is 10.0. The van der Waals surface area contributed by atoms with Crippen molar-refractivity contribution in [1.82, 2.24) is 15.1 Å². The second-order valence-corrected chi connectivity index (χ2v) is 4.61. The van der Waals surface area contributed by atoms with Crippen LogP contribution in [0.1, 0.15) is 24.1 Å². The van der Waals surface area contributed by atoms with Crippen LogP contribution in [-0.4, -0.2) is 9.78 Å². The average molecular weight is 250 g/mol. The van der Waals surface area contributed by atoms with E-state index in [1.165, 1.54) is 11.1 Å². The van der Waals surface area contributed by atoms with E-state index in [0.29, 0.717) is 6.04 Å². The van der Waals surface area contributed by atoms with Crippen molar-refractivity contribution in [3.63, 3.8) is 0 Å². The topological polar surface area (TPSA) is 29.9 Å². The number of hydrogen-bond acceptors (Lipinski definition) is 2. The van der Waals surface area contributed by atoms with E-state index >= 15 is 0 Å². The Hall–Kier alpha value is -1.32. The molecular formula is C13H16ClN3. The fraction of sp³-hybridized carbons (Fsp3) is 0.308. The molecule has 0 radical (unpaired) electrons. The number of hydrogen-bond donors (Lipinski definition) is 1. The standard InChI is InChI=1S/C13H16ClN3/c1-10(12-3-5-13(14)6-4-12)15-7-11-8-16-17(2)9-11/h3-6,8-10,15H,7H2,1-2H3. The first-order valence-electron chi connectivity index (χ1n) is 5.61.